The molecule has 2 aliphatic heterocycles. The first-order valence-electron chi connectivity index (χ1n) is 6.44. The Morgan fingerprint density at radius 2 is 2.17 bits per heavy atom. The molecular formula is C14H17NO3. The summed E-state index contributed by atoms with van der Waals surface area (Å²) in [6.07, 6.45) is 2.47. The third kappa shape index (κ3) is 2.64. The third-order valence-electron chi connectivity index (χ3n) is 3.47. The number of carbonyl (C=O) groups excluding carboxylic acids is 1. The van der Waals surface area contributed by atoms with Crippen molar-refractivity contribution in [1.82, 2.24) is 4.90 Å². The number of hydrogen-bond acceptors (Lipinski definition) is 3. The second-order valence-corrected chi connectivity index (χ2v) is 4.84. The van der Waals surface area contributed by atoms with Gasteiger partial charge in [-0.1, -0.05) is 30.3 Å². The monoisotopic (exact) mass is 247 g/mol. The van der Waals surface area contributed by atoms with Gasteiger partial charge in [0.2, 0.25) is 0 Å². The quantitative estimate of drug-likeness (QED) is 0.752. The molecule has 4 nitrogen and oxygen atoms in total. The summed E-state index contributed by atoms with van der Waals surface area (Å²) in [5.41, 5.74) is 1.02. The van der Waals surface area contributed by atoms with Crippen LogP contribution in [-0.4, -0.2) is 36.3 Å². The first-order valence-corrected chi connectivity index (χ1v) is 6.44. The van der Waals surface area contributed by atoms with Crippen molar-refractivity contribution in [3.05, 3.63) is 35.9 Å². The molecule has 0 spiro atoms. The highest BCUT2D eigenvalue weighted by atomic mass is 16.6. The molecule has 1 amide bonds. The normalized spacial score (nSPS) is 26.1. The molecule has 0 unspecified atom stereocenters. The Labute approximate surface area is 106 Å². The van der Waals surface area contributed by atoms with E-state index in [2.05, 4.69) is 0 Å². The molecule has 2 heterocycles. The molecule has 1 aromatic carbocycles. The van der Waals surface area contributed by atoms with Crippen LogP contribution in [-0.2, 0) is 16.1 Å². The first-order chi connectivity index (χ1) is 8.83. The fraction of sp³-hybridized carbons (Fsp3) is 0.500. The largest absolute Gasteiger partial charge is 0.445 e. The van der Waals surface area contributed by atoms with Gasteiger partial charge in [-0.3, -0.25) is 0 Å². The lowest BCUT2D eigenvalue weighted by Gasteiger charge is -2.20. The zero-order valence-electron chi connectivity index (χ0n) is 10.2. The Bertz CT molecular complexity index is 420. The van der Waals surface area contributed by atoms with Crippen LogP contribution in [0.4, 0.5) is 4.79 Å². The summed E-state index contributed by atoms with van der Waals surface area (Å²) in [4.78, 5) is 13.7. The molecule has 2 saturated heterocycles. The van der Waals surface area contributed by atoms with E-state index >= 15 is 0 Å². The van der Waals surface area contributed by atoms with Gasteiger partial charge in [0.05, 0.1) is 12.6 Å². The lowest BCUT2D eigenvalue weighted by Crippen LogP contribution is -2.34. The van der Waals surface area contributed by atoms with E-state index in [1.165, 1.54) is 0 Å². The molecule has 0 saturated carbocycles. The van der Waals surface area contributed by atoms with E-state index in [-0.39, 0.29) is 12.2 Å². The molecule has 0 bridgehead atoms. The van der Waals surface area contributed by atoms with Crippen LogP contribution in [0.15, 0.2) is 30.3 Å². The van der Waals surface area contributed by atoms with Crippen LogP contribution in [0.25, 0.3) is 0 Å². The van der Waals surface area contributed by atoms with Crippen molar-refractivity contribution in [3.63, 3.8) is 0 Å². The molecule has 2 atom stereocenters. The highest BCUT2D eigenvalue weighted by molar-refractivity contribution is 5.67. The summed E-state index contributed by atoms with van der Waals surface area (Å²) in [7, 11) is 0. The van der Waals surface area contributed by atoms with Gasteiger partial charge in [-0.15, -0.1) is 0 Å². The molecule has 96 valence electrons. The number of amides is 1. The second kappa shape index (κ2) is 4.98. The molecule has 0 radical (unpaired) electrons. The van der Waals surface area contributed by atoms with Crippen LogP contribution in [0.5, 0.6) is 0 Å². The van der Waals surface area contributed by atoms with Gasteiger partial charge in [0.1, 0.15) is 12.7 Å². The van der Waals surface area contributed by atoms with Crippen LogP contribution >= 0.6 is 0 Å². The van der Waals surface area contributed by atoms with Gasteiger partial charge in [-0.05, 0) is 18.4 Å². The van der Waals surface area contributed by atoms with Crippen molar-refractivity contribution in [2.24, 2.45) is 0 Å². The Kier molecular flexibility index (Phi) is 3.19. The maximum atomic E-state index is 11.9. The Morgan fingerprint density at radius 1 is 1.33 bits per heavy atom. The topological polar surface area (TPSA) is 42.1 Å². The Balaban J connectivity index is 1.51. The summed E-state index contributed by atoms with van der Waals surface area (Å²) in [6.45, 7) is 1.80. The molecule has 3 rings (SSSR count). The molecular weight excluding hydrogens is 230 g/mol. The average molecular weight is 247 g/mol. The predicted octanol–water partition coefficient (Wildman–Crippen LogP) is 2.19. The number of hydrogen-bond donors (Lipinski definition) is 0. The van der Waals surface area contributed by atoms with Crippen LogP contribution in [0.3, 0.4) is 0 Å². The standard InChI is InChI=1S/C14H17NO3/c16-14(17-10-11-5-2-1-3-6-11)15-8-4-7-12-13(9-15)18-12/h1-3,5-6,12-13H,4,7-10H2/t12-,13+/m0/s1. The Hall–Kier alpha value is -1.55. The number of benzene rings is 1. The molecule has 0 aliphatic carbocycles. The van der Waals surface area contributed by atoms with Crippen LogP contribution in [0.2, 0.25) is 0 Å². The summed E-state index contributed by atoms with van der Waals surface area (Å²) >= 11 is 0. The average Bonchev–Trinajstić information content (AvgIpc) is 3.14. The SMILES string of the molecule is O=C(OCc1ccccc1)N1CCC[C@@H]2O[C@@H]2C1. The number of fused-ring (bicyclic) bond motifs is 1. The van der Waals surface area contributed by atoms with E-state index in [0.717, 1.165) is 24.9 Å². The van der Waals surface area contributed by atoms with Gasteiger partial charge >= 0.3 is 6.09 Å². The Morgan fingerprint density at radius 3 is 3.00 bits per heavy atom. The minimum absolute atomic E-state index is 0.227. The van der Waals surface area contributed by atoms with Gasteiger partial charge in [0.25, 0.3) is 0 Å². The zero-order valence-corrected chi connectivity index (χ0v) is 10.2. The molecule has 0 aromatic heterocycles. The smallest absolute Gasteiger partial charge is 0.410 e. The maximum Gasteiger partial charge on any atom is 0.410 e. The summed E-state index contributed by atoms with van der Waals surface area (Å²) in [5.74, 6) is 0. The van der Waals surface area contributed by atoms with E-state index < -0.39 is 0 Å². The van der Waals surface area contributed by atoms with Crippen molar-refractivity contribution in [1.29, 1.82) is 0 Å². The van der Waals surface area contributed by atoms with E-state index in [1.54, 1.807) is 4.90 Å². The molecule has 18 heavy (non-hydrogen) atoms. The van der Waals surface area contributed by atoms with Crippen molar-refractivity contribution in [2.45, 2.75) is 31.7 Å². The fourth-order valence-corrected chi connectivity index (χ4v) is 2.36. The van der Waals surface area contributed by atoms with Gasteiger partial charge in [0, 0.05) is 6.54 Å². The zero-order chi connectivity index (χ0) is 12.4. The van der Waals surface area contributed by atoms with Crippen molar-refractivity contribution in [2.75, 3.05) is 13.1 Å². The highest BCUT2D eigenvalue weighted by Gasteiger charge is 2.42. The summed E-state index contributed by atoms with van der Waals surface area (Å²) < 4.78 is 10.8. The van der Waals surface area contributed by atoms with Gasteiger partial charge < -0.3 is 14.4 Å². The number of carbonyl (C=O) groups is 1. The maximum absolute atomic E-state index is 11.9. The number of rotatable bonds is 2. The first kappa shape index (κ1) is 11.5. The van der Waals surface area contributed by atoms with Crippen molar-refractivity contribution < 1.29 is 14.3 Å². The van der Waals surface area contributed by atoms with E-state index in [1.807, 2.05) is 30.3 Å². The van der Waals surface area contributed by atoms with Gasteiger partial charge in [-0.2, -0.15) is 0 Å². The van der Waals surface area contributed by atoms with Crippen LogP contribution in [0.1, 0.15) is 18.4 Å². The molecule has 2 aliphatic rings. The van der Waals surface area contributed by atoms with Gasteiger partial charge in [0.15, 0.2) is 0 Å². The van der Waals surface area contributed by atoms with Crippen LogP contribution in [0, 0.1) is 0 Å². The van der Waals surface area contributed by atoms with Crippen LogP contribution < -0.4 is 0 Å². The number of epoxide rings is 1. The molecule has 1 aromatic rings. The van der Waals surface area contributed by atoms with Crippen molar-refractivity contribution >= 4 is 6.09 Å². The minimum Gasteiger partial charge on any atom is -0.445 e. The lowest BCUT2D eigenvalue weighted by molar-refractivity contribution is 0.0923. The van der Waals surface area contributed by atoms with E-state index in [4.69, 9.17) is 9.47 Å². The molecule has 2 fully saturated rings. The minimum atomic E-state index is -0.227. The molecule has 0 N–H and O–H groups in total. The molecule has 4 heteroatoms. The highest BCUT2D eigenvalue weighted by Crippen LogP contribution is 2.30. The summed E-state index contributed by atoms with van der Waals surface area (Å²) in [6, 6.07) is 9.74. The lowest BCUT2D eigenvalue weighted by atomic mass is 10.2. The van der Waals surface area contributed by atoms with Gasteiger partial charge in [-0.25, -0.2) is 4.79 Å². The summed E-state index contributed by atoms with van der Waals surface area (Å²) in [5, 5.41) is 0. The number of ether oxygens (including phenoxy) is 2. The van der Waals surface area contributed by atoms with E-state index in [9.17, 15) is 4.79 Å². The second-order valence-electron chi connectivity index (χ2n) is 4.84. The van der Waals surface area contributed by atoms with Crippen molar-refractivity contribution in [3.8, 4) is 0 Å². The fourth-order valence-electron chi connectivity index (χ4n) is 2.36. The van der Waals surface area contributed by atoms with E-state index in [0.29, 0.717) is 19.3 Å². The number of likely N-dealkylation sites (tertiary alicyclic amines) is 1. The third-order valence-corrected chi connectivity index (χ3v) is 3.47. The number of nitrogens with zero attached hydrogens (tertiary/aromatic N) is 1. The predicted molar refractivity (Wildman–Crippen MR) is 66.1 cm³/mol.